The highest BCUT2D eigenvalue weighted by molar-refractivity contribution is 5.84. The van der Waals surface area contributed by atoms with E-state index in [1.807, 2.05) is 0 Å². The topological polar surface area (TPSA) is 59.0 Å². The molecule has 5 heteroatoms. The zero-order valence-corrected chi connectivity index (χ0v) is 13.3. The van der Waals surface area contributed by atoms with Gasteiger partial charge < -0.3 is 14.6 Å². The zero-order chi connectivity index (χ0) is 15.9. The van der Waals surface area contributed by atoms with Crippen molar-refractivity contribution in [1.82, 2.24) is 4.90 Å². The van der Waals surface area contributed by atoms with Gasteiger partial charge in [0.15, 0.2) is 0 Å². The molecule has 2 bridgehead atoms. The fourth-order valence-electron chi connectivity index (χ4n) is 3.95. The summed E-state index contributed by atoms with van der Waals surface area (Å²) < 4.78 is 10.6. The Kier molecular flexibility index (Phi) is 4.10. The molecule has 2 aliphatic rings. The van der Waals surface area contributed by atoms with Gasteiger partial charge in [0.2, 0.25) is 0 Å². The van der Waals surface area contributed by atoms with Crippen LogP contribution in [-0.2, 0) is 4.79 Å². The summed E-state index contributed by atoms with van der Waals surface area (Å²) in [5, 5.41) is 10.9. The van der Waals surface area contributed by atoms with Gasteiger partial charge in [-0.1, -0.05) is 0 Å². The first-order valence-electron chi connectivity index (χ1n) is 7.71. The van der Waals surface area contributed by atoms with Crippen molar-refractivity contribution in [2.45, 2.75) is 37.5 Å². The highest BCUT2D eigenvalue weighted by Gasteiger charge is 2.48. The van der Waals surface area contributed by atoms with Crippen LogP contribution in [0.25, 0.3) is 0 Å². The second-order valence-corrected chi connectivity index (χ2v) is 6.21. The molecule has 4 atom stereocenters. The van der Waals surface area contributed by atoms with Crippen LogP contribution >= 0.6 is 0 Å². The van der Waals surface area contributed by atoms with Gasteiger partial charge in [-0.05, 0) is 32.0 Å². The number of methoxy groups -OCH3 is 2. The van der Waals surface area contributed by atoms with Crippen LogP contribution in [0.3, 0.4) is 0 Å². The van der Waals surface area contributed by atoms with Crippen molar-refractivity contribution >= 4 is 5.78 Å². The van der Waals surface area contributed by atoms with Crippen LogP contribution in [0.1, 0.15) is 30.9 Å². The monoisotopic (exact) mass is 305 g/mol. The fraction of sp³-hybridized carbons (Fsp3) is 0.588. The Morgan fingerprint density at radius 2 is 2.05 bits per heavy atom. The summed E-state index contributed by atoms with van der Waals surface area (Å²) in [5.74, 6) is 1.00. The van der Waals surface area contributed by atoms with Crippen molar-refractivity contribution in [3.05, 3.63) is 23.8 Å². The van der Waals surface area contributed by atoms with Crippen LogP contribution in [-0.4, -0.2) is 49.1 Å². The molecule has 0 aromatic heterocycles. The number of benzene rings is 1. The number of ketones is 1. The normalized spacial score (nSPS) is 29.5. The van der Waals surface area contributed by atoms with Crippen molar-refractivity contribution in [2.75, 3.05) is 21.3 Å². The van der Waals surface area contributed by atoms with E-state index < -0.39 is 6.10 Å². The van der Waals surface area contributed by atoms with Gasteiger partial charge in [0.05, 0.1) is 26.2 Å². The number of aliphatic hydroxyl groups is 1. The van der Waals surface area contributed by atoms with E-state index in [4.69, 9.17) is 9.47 Å². The van der Waals surface area contributed by atoms with Crippen molar-refractivity contribution in [3.63, 3.8) is 0 Å². The minimum atomic E-state index is -0.847. The van der Waals surface area contributed by atoms with Gasteiger partial charge in [-0.15, -0.1) is 0 Å². The van der Waals surface area contributed by atoms with Gasteiger partial charge in [-0.3, -0.25) is 9.69 Å². The Hall–Kier alpha value is -1.59. The average molecular weight is 305 g/mol. The molecule has 2 heterocycles. The number of nitrogens with zero attached hydrogens (tertiary/aromatic N) is 1. The summed E-state index contributed by atoms with van der Waals surface area (Å²) in [5.41, 5.74) is 0.653. The molecule has 120 valence electrons. The standard InChI is InChI=1S/C17H23NO4/c1-18-10-4-7-13(18)16(14(19)8-10)17(20)12-6-5-11(21-2)9-15(12)22-3/h5-6,9-10,13,16-17,20H,4,7-8H2,1-3H3/t10-,13+,16+,17+/m0/s1. The molecule has 2 aliphatic heterocycles. The van der Waals surface area contributed by atoms with Crippen molar-refractivity contribution < 1.29 is 19.4 Å². The van der Waals surface area contributed by atoms with Crippen LogP contribution in [0, 0.1) is 5.92 Å². The third kappa shape index (κ3) is 2.38. The van der Waals surface area contributed by atoms with Crippen molar-refractivity contribution in [1.29, 1.82) is 0 Å². The lowest BCUT2D eigenvalue weighted by Gasteiger charge is -2.38. The summed E-state index contributed by atoms with van der Waals surface area (Å²) >= 11 is 0. The van der Waals surface area contributed by atoms with Gasteiger partial charge in [0.25, 0.3) is 0 Å². The molecule has 2 saturated heterocycles. The van der Waals surface area contributed by atoms with Gasteiger partial charge >= 0.3 is 0 Å². The number of hydrogen-bond donors (Lipinski definition) is 1. The molecule has 0 spiro atoms. The van der Waals surface area contributed by atoms with E-state index in [0.29, 0.717) is 29.5 Å². The van der Waals surface area contributed by atoms with Gasteiger partial charge in [0, 0.05) is 30.1 Å². The first-order valence-corrected chi connectivity index (χ1v) is 7.71. The second-order valence-electron chi connectivity index (χ2n) is 6.21. The first kappa shape index (κ1) is 15.3. The molecule has 1 N–H and O–H groups in total. The Morgan fingerprint density at radius 3 is 2.73 bits per heavy atom. The first-order chi connectivity index (χ1) is 10.6. The molecule has 1 aromatic rings. The summed E-state index contributed by atoms with van der Waals surface area (Å²) in [6, 6.07) is 5.78. The third-order valence-corrected chi connectivity index (χ3v) is 5.22. The molecule has 0 saturated carbocycles. The van der Waals surface area contributed by atoms with Crippen LogP contribution in [0.4, 0.5) is 0 Å². The number of aliphatic hydroxyl groups excluding tert-OH is 1. The maximum Gasteiger partial charge on any atom is 0.142 e. The quantitative estimate of drug-likeness (QED) is 0.919. The van der Waals surface area contributed by atoms with E-state index >= 15 is 0 Å². The van der Waals surface area contributed by atoms with Crippen LogP contribution in [0.5, 0.6) is 11.5 Å². The summed E-state index contributed by atoms with van der Waals surface area (Å²) in [7, 11) is 5.20. The molecule has 22 heavy (non-hydrogen) atoms. The van der Waals surface area contributed by atoms with E-state index in [1.165, 1.54) is 0 Å². The molecule has 0 unspecified atom stereocenters. The Morgan fingerprint density at radius 1 is 1.27 bits per heavy atom. The number of rotatable bonds is 4. The lowest BCUT2D eigenvalue weighted by molar-refractivity contribution is -0.134. The predicted octanol–water partition coefficient (Wildman–Crippen LogP) is 1.79. The number of Topliss-reactive ketones (excluding diaryl/α,β-unsaturated/α-hetero) is 1. The maximum absolute atomic E-state index is 12.5. The van der Waals surface area contributed by atoms with Crippen LogP contribution in [0.15, 0.2) is 18.2 Å². The largest absolute Gasteiger partial charge is 0.497 e. The second kappa shape index (κ2) is 5.89. The highest BCUT2D eigenvalue weighted by Crippen LogP contribution is 2.43. The minimum Gasteiger partial charge on any atom is -0.497 e. The van der Waals surface area contributed by atoms with Gasteiger partial charge in [0.1, 0.15) is 17.3 Å². The molecule has 2 fully saturated rings. The SMILES string of the molecule is COc1ccc([C@@H](O)[C@H]2C(=O)C[C@@H]3CC[C@H]2N3C)c(OC)c1. The molecule has 0 amide bonds. The Bertz CT molecular complexity index is 574. The highest BCUT2D eigenvalue weighted by atomic mass is 16.5. The zero-order valence-electron chi connectivity index (χ0n) is 13.3. The Balaban J connectivity index is 1.93. The molecule has 1 aromatic carbocycles. The summed E-state index contributed by atoms with van der Waals surface area (Å²) in [4.78, 5) is 14.7. The van der Waals surface area contributed by atoms with Gasteiger partial charge in [-0.25, -0.2) is 0 Å². The van der Waals surface area contributed by atoms with Gasteiger partial charge in [-0.2, -0.15) is 0 Å². The predicted molar refractivity (Wildman–Crippen MR) is 82.2 cm³/mol. The molecular weight excluding hydrogens is 282 g/mol. The Labute approximate surface area is 130 Å². The van der Waals surface area contributed by atoms with Crippen molar-refractivity contribution in [3.8, 4) is 11.5 Å². The fourth-order valence-corrected chi connectivity index (χ4v) is 3.95. The lowest BCUT2D eigenvalue weighted by Crippen LogP contribution is -2.49. The molecule has 0 radical (unpaired) electrons. The number of carbonyl (C=O) groups excluding carboxylic acids is 1. The summed E-state index contributed by atoms with van der Waals surface area (Å²) in [6.45, 7) is 0. The molecule has 0 aliphatic carbocycles. The number of carbonyl (C=O) groups is 1. The minimum absolute atomic E-state index is 0.119. The number of ether oxygens (including phenoxy) is 2. The summed E-state index contributed by atoms with van der Waals surface area (Å²) in [6.07, 6.45) is 1.69. The van der Waals surface area contributed by atoms with E-state index in [1.54, 1.807) is 32.4 Å². The van der Waals surface area contributed by atoms with E-state index in [2.05, 4.69) is 11.9 Å². The maximum atomic E-state index is 12.5. The van der Waals surface area contributed by atoms with Crippen molar-refractivity contribution in [2.24, 2.45) is 5.92 Å². The average Bonchev–Trinajstić information content (AvgIpc) is 2.78. The lowest BCUT2D eigenvalue weighted by atomic mass is 9.82. The van der Waals surface area contributed by atoms with E-state index in [0.717, 1.165) is 12.8 Å². The van der Waals surface area contributed by atoms with E-state index in [-0.39, 0.29) is 17.7 Å². The smallest absolute Gasteiger partial charge is 0.142 e. The number of fused-ring (bicyclic) bond motifs is 2. The molecule has 3 rings (SSSR count). The van der Waals surface area contributed by atoms with Crippen LogP contribution < -0.4 is 9.47 Å². The van der Waals surface area contributed by atoms with Crippen LogP contribution in [0.2, 0.25) is 0 Å². The molecular formula is C17H23NO4. The number of piperidine rings is 1. The van der Waals surface area contributed by atoms with E-state index in [9.17, 15) is 9.90 Å². The number of hydrogen-bond acceptors (Lipinski definition) is 5. The molecule has 5 nitrogen and oxygen atoms in total. The third-order valence-electron chi connectivity index (χ3n) is 5.22.